The highest BCUT2D eigenvalue weighted by molar-refractivity contribution is 14.1. The highest BCUT2D eigenvalue weighted by Gasteiger charge is 2.10. The van der Waals surface area contributed by atoms with Crippen molar-refractivity contribution in [1.82, 2.24) is 4.98 Å². The van der Waals surface area contributed by atoms with Crippen molar-refractivity contribution in [1.29, 1.82) is 0 Å². The predicted octanol–water partition coefficient (Wildman–Crippen LogP) is 1.10. The quantitative estimate of drug-likeness (QED) is 0.655. The van der Waals surface area contributed by atoms with Gasteiger partial charge in [0.05, 0.1) is 10.2 Å². The van der Waals surface area contributed by atoms with E-state index in [0.717, 1.165) is 3.57 Å². The number of aromatic nitrogens is 1. The molecule has 1 N–H and O–H groups in total. The molecule has 1 aromatic heterocycles. The van der Waals surface area contributed by atoms with E-state index in [9.17, 15) is 4.79 Å². The minimum absolute atomic E-state index is 0.237. The van der Waals surface area contributed by atoms with E-state index >= 15 is 0 Å². The average molecular weight is 293 g/mol. The first-order chi connectivity index (χ1) is 6.15. The van der Waals surface area contributed by atoms with Crippen molar-refractivity contribution in [2.24, 2.45) is 0 Å². The fraction of sp³-hybridized carbons (Fsp3) is 0.250. The van der Waals surface area contributed by atoms with Gasteiger partial charge in [-0.15, -0.1) is 0 Å². The highest BCUT2D eigenvalue weighted by atomic mass is 127. The van der Waals surface area contributed by atoms with Crippen LogP contribution in [0.2, 0.25) is 0 Å². The van der Waals surface area contributed by atoms with Crippen molar-refractivity contribution >= 4 is 28.6 Å². The minimum Gasteiger partial charge on any atom is -0.424 e. The smallest absolute Gasteiger partial charge is 0.308 e. The van der Waals surface area contributed by atoms with Crippen LogP contribution in [0.1, 0.15) is 12.6 Å². The standard InChI is InChI=1S/C8H8INO3/c1-5(12)13-8-6(9)2-3-10-7(8)4-11/h2-3,11H,4H2,1H3. The molecular weight excluding hydrogens is 285 g/mol. The Hall–Kier alpha value is -0.690. The topological polar surface area (TPSA) is 59.4 Å². The third-order valence-electron chi connectivity index (χ3n) is 1.33. The first kappa shape index (κ1) is 10.4. The summed E-state index contributed by atoms with van der Waals surface area (Å²) in [5.74, 6) is -0.0706. The van der Waals surface area contributed by atoms with Crippen LogP contribution in [0.25, 0.3) is 0 Å². The molecule has 5 heteroatoms. The summed E-state index contributed by atoms with van der Waals surface area (Å²) in [7, 11) is 0. The maximum absolute atomic E-state index is 10.7. The molecule has 0 aliphatic carbocycles. The van der Waals surface area contributed by atoms with Gasteiger partial charge in [0.15, 0.2) is 5.75 Å². The second-order valence-electron chi connectivity index (χ2n) is 2.32. The third-order valence-corrected chi connectivity index (χ3v) is 2.18. The molecular formula is C8H8INO3. The number of carbonyl (C=O) groups excluding carboxylic acids is 1. The van der Waals surface area contributed by atoms with Gasteiger partial charge < -0.3 is 9.84 Å². The number of hydrogen-bond donors (Lipinski definition) is 1. The second kappa shape index (κ2) is 4.52. The normalized spacial score (nSPS) is 9.77. The van der Waals surface area contributed by atoms with Crippen LogP contribution in [0.15, 0.2) is 12.3 Å². The zero-order valence-electron chi connectivity index (χ0n) is 6.95. The molecule has 0 saturated carbocycles. The Balaban J connectivity index is 3.07. The Morgan fingerprint density at radius 2 is 2.46 bits per heavy atom. The second-order valence-corrected chi connectivity index (χ2v) is 3.48. The van der Waals surface area contributed by atoms with Crippen LogP contribution in [-0.4, -0.2) is 16.1 Å². The van der Waals surface area contributed by atoms with Crippen molar-refractivity contribution in [3.05, 3.63) is 21.5 Å². The van der Waals surface area contributed by atoms with Gasteiger partial charge >= 0.3 is 5.97 Å². The monoisotopic (exact) mass is 293 g/mol. The zero-order valence-corrected chi connectivity index (χ0v) is 9.11. The molecule has 0 aliphatic heterocycles. The van der Waals surface area contributed by atoms with Crippen LogP contribution in [0.3, 0.4) is 0 Å². The molecule has 0 aromatic carbocycles. The molecule has 0 fully saturated rings. The molecule has 0 unspecified atom stereocenters. The summed E-state index contributed by atoms with van der Waals surface area (Å²) in [6.45, 7) is 1.07. The van der Waals surface area contributed by atoms with Gasteiger partial charge in [0.2, 0.25) is 0 Å². The maximum Gasteiger partial charge on any atom is 0.308 e. The molecule has 1 rings (SSSR count). The molecule has 0 spiro atoms. The zero-order chi connectivity index (χ0) is 9.84. The van der Waals surface area contributed by atoms with E-state index in [1.54, 1.807) is 12.3 Å². The fourth-order valence-corrected chi connectivity index (χ4v) is 1.41. The summed E-state index contributed by atoms with van der Waals surface area (Å²) < 4.78 is 5.65. The van der Waals surface area contributed by atoms with Gasteiger partial charge in [-0.3, -0.25) is 9.78 Å². The molecule has 70 valence electrons. The number of aliphatic hydroxyl groups is 1. The number of aliphatic hydroxyl groups excluding tert-OH is 1. The third kappa shape index (κ3) is 2.63. The van der Waals surface area contributed by atoms with Crippen molar-refractivity contribution in [3.63, 3.8) is 0 Å². The number of hydrogen-bond acceptors (Lipinski definition) is 4. The molecule has 1 heterocycles. The lowest BCUT2D eigenvalue weighted by atomic mass is 10.3. The van der Waals surface area contributed by atoms with Gasteiger partial charge in [0, 0.05) is 13.1 Å². The lowest BCUT2D eigenvalue weighted by Crippen LogP contribution is -2.06. The lowest BCUT2D eigenvalue weighted by molar-refractivity contribution is -0.132. The van der Waals surface area contributed by atoms with E-state index in [0.29, 0.717) is 11.4 Å². The summed E-state index contributed by atoms with van der Waals surface area (Å²) in [6, 6.07) is 1.71. The molecule has 0 aliphatic rings. The summed E-state index contributed by atoms with van der Waals surface area (Å²) in [4.78, 5) is 14.6. The van der Waals surface area contributed by atoms with Crippen LogP contribution >= 0.6 is 22.6 Å². The van der Waals surface area contributed by atoms with E-state index in [1.807, 2.05) is 22.6 Å². The molecule has 0 bridgehead atoms. The Morgan fingerprint density at radius 1 is 1.77 bits per heavy atom. The number of carbonyl (C=O) groups is 1. The van der Waals surface area contributed by atoms with E-state index in [2.05, 4.69) is 4.98 Å². The summed E-state index contributed by atoms with van der Waals surface area (Å²) >= 11 is 2.01. The number of ether oxygens (including phenoxy) is 1. The molecule has 0 atom stereocenters. The number of rotatable bonds is 2. The largest absolute Gasteiger partial charge is 0.424 e. The van der Waals surface area contributed by atoms with Gasteiger partial charge in [-0.1, -0.05) is 0 Å². The van der Waals surface area contributed by atoms with Crippen molar-refractivity contribution in [2.75, 3.05) is 0 Å². The van der Waals surface area contributed by atoms with E-state index < -0.39 is 5.97 Å². The average Bonchev–Trinajstić information content (AvgIpc) is 2.08. The molecule has 4 nitrogen and oxygen atoms in total. The maximum atomic E-state index is 10.7. The predicted molar refractivity (Wildman–Crippen MR) is 54.2 cm³/mol. The molecule has 0 amide bonds. The summed E-state index contributed by atoms with van der Waals surface area (Å²) in [5, 5.41) is 8.90. The van der Waals surface area contributed by atoms with E-state index in [4.69, 9.17) is 9.84 Å². The first-order valence-corrected chi connectivity index (χ1v) is 4.65. The molecule has 0 saturated heterocycles. The van der Waals surface area contributed by atoms with Gasteiger partial charge in [0.1, 0.15) is 5.69 Å². The Labute approximate surface area is 89.1 Å². The van der Waals surface area contributed by atoms with Gasteiger partial charge in [0.25, 0.3) is 0 Å². The molecule has 1 aromatic rings. The summed E-state index contributed by atoms with van der Waals surface area (Å²) in [6.07, 6.45) is 1.56. The van der Waals surface area contributed by atoms with E-state index in [-0.39, 0.29) is 6.61 Å². The van der Waals surface area contributed by atoms with Crippen LogP contribution in [0, 0.1) is 3.57 Å². The van der Waals surface area contributed by atoms with Crippen molar-refractivity contribution in [2.45, 2.75) is 13.5 Å². The molecule has 13 heavy (non-hydrogen) atoms. The Kier molecular flexibility index (Phi) is 3.61. The Bertz CT molecular complexity index is 327. The van der Waals surface area contributed by atoms with Crippen LogP contribution in [0.5, 0.6) is 5.75 Å². The lowest BCUT2D eigenvalue weighted by Gasteiger charge is -2.07. The van der Waals surface area contributed by atoms with Crippen LogP contribution in [0.4, 0.5) is 0 Å². The van der Waals surface area contributed by atoms with Crippen LogP contribution < -0.4 is 4.74 Å². The van der Waals surface area contributed by atoms with Crippen LogP contribution in [-0.2, 0) is 11.4 Å². The van der Waals surface area contributed by atoms with E-state index in [1.165, 1.54) is 6.92 Å². The van der Waals surface area contributed by atoms with Gasteiger partial charge in [-0.2, -0.15) is 0 Å². The summed E-state index contributed by atoms with van der Waals surface area (Å²) in [5.41, 5.74) is 0.377. The van der Waals surface area contributed by atoms with Crippen molar-refractivity contribution < 1.29 is 14.6 Å². The highest BCUT2D eigenvalue weighted by Crippen LogP contribution is 2.23. The first-order valence-electron chi connectivity index (χ1n) is 3.57. The fourth-order valence-electron chi connectivity index (χ4n) is 0.829. The SMILES string of the molecule is CC(=O)Oc1c(I)ccnc1CO. The number of esters is 1. The number of pyridine rings is 1. The van der Waals surface area contributed by atoms with Crippen molar-refractivity contribution in [3.8, 4) is 5.75 Å². The number of halogens is 1. The van der Waals surface area contributed by atoms with Gasteiger partial charge in [-0.05, 0) is 28.7 Å². The minimum atomic E-state index is -0.416. The van der Waals surface area contributed by atoms with Gasteiger partial charge in [-0.25, -0.2) is 0 Å². The number of nitrogens with zero attached hydrogens (tertiary/aromatic N) is 1. The molecule has 0 radical (unpaired) electrons. The Morgan fingerprint density at radius 3 is 3.00 bits per heavy atom.